The van der Waals surface area contributed by atoms with E-state index in [1.54, 1.807) is 12.1 Å². The summed E-state index contributed by atoms with van der Waals surface area (Å²) in [4.78, 5) is 11.1. The zero-order valence-corrected chi connectivity index (χ0v) is 9.88. The third-order valence-electron chi connectivity index (χ3n) is 3.10. The molecule has 1 aromatic rings. The highest BCUT2D eigenvalue weighted by molar-refractivity contribution is 5.91. The van der Waals surface area contributed by atoms with Crippen LogP contribution in [0.3, 0.4) is 0 Å². The van der Waals surface area contributed by atoms with Gasteiger partial charge in [-0.15, -0.1) is 0 Å². The van der Waals surface area contributed by atoms with Crippen LogP contribution in [-0.4, -0.2) is 22.3 Å². The fourth-order valence-corrected chi connectivity index (χ4v) is 2.07. The molecule has 2 unspecified atom stereocenters. The molecule has 1 aliphatic heterocycles. The van der Waals surface area contributed by atoms with Crippen molar-refractivity contribution in [3.8, 4) is 5.75 Å². The number of aliphatic hydroxyl groups excluding tert-OH is 1. The summed E-state index contributed by atoms with van der Waals surface area (Å²) in [6, 6.07) is 4.84. The van der Waals surface area contributed by atoms with Gasteiger partial charge in [-0.25, -0.2) is 4.79 Å². The van der Waals surface area contributed by atoms with E-state index in [1.165, 1.54) is 6.07 Å². The molecule has 0 fully saturated rings. The molecule has 0 aromatic heterocycles. The Morgan fingerprint density at radius 3 is 2.76 bits per heavy atom. The Bertz CT molecular complexity index is 439. The smallest absolute Gasteiger partial charge is 0.339 e. The number of aromatic carboxylic acids is 1. The summed E-state index contributed by atoms with van der Waals surface area (Å²) in [6.45, 7) is 3.98. The number of rotatable bonds is 2. The molecule has 0 bridgehead atoms. The van der Waals surface area contributed by atoms with Crippen LogP contribution in [0.15, 0.2) is 18.2 Å². The molecule has 0 spiro atoms. The van der Waals surface area contributed by atoms with Crippen molar-refractivity contribution in [2.75, 3.05) is 0 Å². The number of para-hydroxylation sites is 1. The number of carbonyl (C=O) groups is 1. The van der Waals surface area contributed by atoms with Gasteiger partial charge in [-0.2, -0.15) is 0 Å². The molecule has 2 atom stereocenters. The molecule has 17 heavy (non-hydrogen) atoms. The molecule has 2 rings (SSSR count). The average molecular weight is 236 g/mol. The van der Waals surface area contributed by atoms with E-state index in [2.05, 4.69) is 0 Å². The van der Waals surface area contributed by atoms with E-state index >= 15 is 0 Å². The zero-order chi connectivity index (χ0) is 12.6. The number of carboxylic acid groups (broad SMARTS) is 1. The number of hydrogen-bond donors (Lipinski definition) is 2. The molecule has 0 radical (unpaired) electrons. The number of benzene rings is 1. The lowest BCUT2D eigenvalue weighted by Gasteiger charge is -2.32. The summed E-state index contributed by atoms with van der Waals surface area (Å²) in [5.41, 5.74) is 0.689. The van der Waals surface area contributed by atoms with Gasteiger partial charge in [-0.1, -0.05) is 26.0 Å². The van der Waals surface area contributed by atoms with Crippen LogP contribution in [0, 0.1) is 5.92 Å². The maximum Gasteiger partial charge on any atom is 0.339 e. The second-order valence-electron chi connectivity index (χ2n) is 4.68. The van der Waals surface area contributed by atoms with Crippen LogP contribution in [-0.2, 0) is 0 Å². The molecule has 4 nitrogen and oxygen atoms in total. The lowest BCUT2D eigenvalue weighted by Crippen LogP contribution is -2.31. The van der Waals surface area contributed by atoms with Gasteiger partial charge in [0.25, 0.3) is 0 Å². The van der Waals surface area contributed by atoms with E-state index in [4.69, 9.17) is 9.84 Å². The van der Waals surface area contributed by atoms with Gasteiger partial charge in [0.05, 0.1) is 6.10 Å². The molecule has 4 heteroatoms. The van der Waals surface area contributed by atoms with Crippen LogP contribution in [0.5, 0.6) is 5.75 Å². The maximum atomic E-state index is 11.1. The summed E-state index contributed by atoms with van der Waals surface area (Å²) in [6.07, 6.45) is -0.281. The lowest BCUT2D eigenvalue weighted by atomic mass is 9.92. The highest BCUT2D eigenvalue weighted by atomic mass is 16.5. The van der Waals surface area contributed by atoms with Crippen molar-refractivity contribution in [3.05, 3.63) is 29.3 Å². The number of aliphatic hydroxyl groups is 1. The fraction of sp³-hybridized carbons (Fsp3) is 0.462. The molecule has 2 N–H and O–H groups in total. The number of carboxylic acids is 1. The van der Waals surface area contributed by atoms with Gasteiger partial charge in [0.2, 0.25) is 0 Å². The Hall–Kier alpha value is -1.55. The van der Waals surface area contributed by atoms with Crippen LogP contribution in [0.2, 0.25) is 0 Å². The Labute approximate surface area is 99.8 Å². The third kappa shape index (κ3) is 2.13. The third-order valence-corrected chi connectivity index (χ3v) is 3.10. The molecule has 1 aromatic carbocycles. The molecule has 0 amide bonds. The second-order valence-corrected chi connectivity index (χ2v) is 4.68. The van der Waals surface area contributed by atoms with Crippen LogP contribution in [0.1, 0.15) is 42.3 Å². The largest absolute Gasteiger partial charge is 0.489 e. The first-order valence-electron chi connectivity index (χ1n) is 5.71. The summed E-state index contributed by atoms with van der Waals surface area (Å²) >= 11 is 0. The first-order chi connectivity index (χ1) is 8.00. The lowest BCUT2D eigenvalue weighted by molar-refractivity contribution is 0.0402. The highest BCUT2D eigenvalue weighted by Gasteiger charge is 2.31. The normalized spacial score (nSPS) is 23.1. The predicted octanol–water partition coefficient (Wildman–Crippen LogP) is 2.23. The van der Waals surface area contributed by atoms with Gasteiger partial charge in [-0.05, 0) is 12.0 Å². The Morgan fingerprint density at radius 1 is 1.47 bits per heavy atom. The minimum Gasteiger partial charge on any atom is -0.489 e. The Balaban J connectivity index is 2.46. The van der Waals surface area contributed by atoms with Crippen LogP contribution >= 0.6 is 0 Å². The number of ether oxygens (including phenoxy) is 1. The number of fused-ring (bicyclic) bond motifs is 1. The summed E-state index contributed by atoms with van der Waals surface area (Å²) in [5, 5.41) is 19.1. The molecular weight excluding hydrogens is 220 g/mol. The Morgan fingerprint density at radius 2 is 2.18 bits per heavy atom. The Kier molecular flexibility index (Phi) is 3.07. The van der Waals surface area contributed by atoms with Crippen molar-refractivity contribution < 1.29 is 19.7 Å². The van der Waals surface area contributed by atoms with Crippen LogP contribution in [0.4, 0.5) is 0 Å². The quantitative estimate of drug-likeness (QED) is 0.826. The molecule has 1 heterocycles. The van der Waals surface area contributed by atoms with Crippen molar-refractivity contribution in [1.29, 1.82) is 0 Å². The topological polar surface area (TPSA) is 66.8 Å². The van der Waals surface area contributed by atoms with Crippen molar-refractivity contribution in [2.45, 2.75) is 32.5 Å². The van der Waals surface area contributed by atoms with Crippen LogP contribution < -0.4 is 4.74 Å². The zero-order valence-electron chi connectivity index (χ0n) is 9.88. The summed E-state index contributed by atoms with van der Waals surface area (Å²) < 4.78 is 5.72. The van der Waals surface area contributed by atoms with Gasteiger partial charge < -0.3 is 14.9 Å². The van der Waals surface area contributed by atoms with Gasteiger partial charge in [0, 0.05) is 12.0 Å². The van der Waals surface area contributed by atoms with E-state index in [0.717, 1.165) is 0 Å². The summed E-state index contributed by atoms with van der Waals surface area (Å²) in [7, 11) is 0. The SMILES string of the molecule is CC(C)C1CC(O)c2cccc(C(=O)O)c2O1. The monoisotopic (exact) mass is 236 g/mol. The average Bonchev–Trinajstić information content (AvgIpc) is 2.27. The predicted molar refractivity (Wildman–Crippen MR) is 62.2 cm³/mol. The second kappa shape index (κ2) is 4.37. The first-order valence-corrected chi connectivity index (χ1v) is 5.71. The van der Waals surface area contributed by atoms with E-state index < -0.39 is 12.1 Å². The van der Waals surface area contributed by atoms with Crippen molar-refractivity contribution in [2.24, 2.45) is 5.92 Å². The van der Waals surface area contributed by atoms with Crippen molar-refractivity contribution in [3.63, 3.8) is 0 Å². The standard InChI is InChI=1S/C13H16O4/c1-7(2)11-6-10(14)8-4-3-5-9(13(15)16)12(8)17-11/h3-5,7,10-11,14H,6H2,1-2H3,(H,15,16). The summed E-state index contributed by atoms with van der Waals surface area (Å²) in [5.74, 6) is -0.476. The molecular formula is C13H16O4. The first kappa shape index (κ1) is 11.9. The van der Waals surface area contributed by atoms with Gasteiger partial charge in [0.1, 0.15) is 17.4 Å². The minimum absolute atomic E-state index is 0.118. The molecule has 0 saturated heterocycles. The molecule has 0 aliphatic carbocycles. The fourth-order valence-electron chi connectivity index (χ4n) is 2.07. The number of hydrogen-bond acceptors (Lipinski definition) is 3. The molecule has 1 aliphatic rings. The van der Waals surface area contributed by atoms with E-state index in [0.29, 0.717) is 17.7 Å². The van der Waals surface area contributed by atoms with Crippen molar-refractivity contribution >= 4 is 5.97 Å². The van der Waals surface area contributed by atoms with Gasteiger partial charge >= 0.3 is 5.97 Å². The van der Waals surface area contributed by atoms with Crippen molar-refractivity contribution in [1.82, 2.24) is 0 Å². The van der Waals surface area contributed by atoms with E-state index in [1.807, 2.05) is 13.8 Å². The molecule has 92 valence electrons. The molecule has 0 saturated carbocycles. The van der Waals surface area contributed by atoms with Gasteiger partial charge in [-0.3, -0.25) is 0 Å². The highest BCUT2D eigenvalue weighted by Crippen LogP contribution is 2.38. The van der Waals surface area contributed by atoms with Gasteiger partial charge in [0.15, 0.2) is 0 Å². The minimum atomic E-state index is -1.03. The maximum absolute atomic E-state index is 11.1. The van der Waals surface area contributed by atoms with E-state index in [9.17, 15) is 9.90 Å². The van der Waals surface area contributed by atoms with E-state index in [-0.39, 0.29) is 17.6 Å². The van der Waals surface area contributed by atoms with Crippen LogP contribution in [0.25, 0.3) is 0 Å².